The number of nitrogens with one attached hydrogen (secondary N) is 1. The molecule has 0 aliphatic rings. The first kappa shape index (κ1) is 50.7. The van der Waals surface area contributed by atoms with Gasteiger partial charge in [-0.2, -0.15) is 8.42 Å². The van der Waals surface area contributed by atoms with E-state index in [0.29, 0.717) is 132 Å². The maximum atomic E-state index is 12.0. The lowest BCUT2D eigenvalue weighted by Crippen LogP contribution is -2.16. The molecule has 22 heteroatoms. The molecule has 0 atom stereocenters. The molecule has 21 nitrogen and oxygen atoms in total. The predicted octanol–water partition coefficient (Wildman–Crippen LogP) is 2.50. The smallest absolute Gasteiger partial charge is 0.299 e. The Bertz CT molecular complexity index is 1440. The molecule has 0 spiro atoms. The summed E-state index contributed by atoms with van der Waals surface area (Å²) in [6, 6.07) is 11.3. The molecule has 0 radical (unpaired) electrons. The van der Waals surface area contributed by atoms with Crippen molar-refractivity contribution in [1.29, 1.82) is 0 Å². The van der Waals surface area contributed by atoms with Gasteiger partial charge in [-0.1, -0.05) is 18.2 Å². The second-order valence-electron chi connectivity index (χ2n) is 11.5. The lowest BCUT2D eigenvalue weighted by Gasteiger charge is -2.09. The normalized spacial score (nSPS) is 11.6. The highest BCUT2D eigenvalue weighted by atomic mass is 32.2. The number of benzene rings is 2. The molecule has 1 N–H and O–H groups in total. The highest BCUT2D eigenvalue weighted by molar-refractivity contribution is 7.86. The van der Waals surface area contributed by atoms with Gasteiger partial charge in [0.2, 0.25) is 0 Å². The Labute approximate surface area is 338 Å². The van der Waals surface area contributed by atoms with Crippen LogP contribution < -0.4 is 5.32 Å². The highest BCUT2D eigenvalue weighted by Crippen LogP contribution is 2.28. The number of ether oxygens (including phenoxy) is 11. The standard InChI is InChI=1S/C36H57N3O18S/c40-38(41)33-6-7-35(36(32-33)39(42)43)37-8-9-46-10-11-47-12-13-48-14-15-49-16-17-50-18-19-51-20-21-52-22-23-53-24-25-54-26-27-55-28-29-56-30-31-57-58(44,45)34-4-2-1-3-5-34/h1-7,32,37H,8-31H2. The molecule has 0 fully saturated rings. The van der Waals surface area contributed by atoms with Crippen molar-refractivity contribution in [2.45, 2.75) is 4.90 Å². The SMILES string of the molecule is O=[N+]([O-])c1ccc(NCCOCCOCCOCCOCCOCCOCCOCCOCCOCCOCCOCCOS(=O)(=O)c2ccccc2)c([N+](=O)[O-])c1. The first-order valence-electron chi connectivity index (χ1n) is 18.8. The molecule has 0 aliphatic heterocycles. The van der Waals surface area contributed by atoms with E-state index in [1.807, 2.05) is 0 Å². The minimum absolute atomic E-state index is 0.0732. The van der Waals surface area contributed by atoms with Crippen LogP contribution in [0.3, 0.4) is 0 Å². The molecular weight excluding hydrogens is 794 g/mol. The van der Waals surface area contributed by atoms with Crippen LogP contribution in [0.4, 0.5) is 17.1 Å². The quantitative estimate of drug-likeness (QED) is 0.0437. The summed E-state index contributed by atoms with van der Waals surface area (Å²) in [5, 5.41) is 24.8. The number of nitrogens with zero attached hydrogens (tertiary/aromatic N) is 2. The minimum Gasteiger partial charge on any atom is -0.377 e. The molecule has 0 aromatic heterocycles. The van der Waals surface area contributed by atoms with E-state index >= 15 is 0 Å². The molecule has 2 aromatic carbocycles. The van der Waals surface area contributed by atoms with Gasteiger partial charge >= 0.3 is 0 Å². The molecule has 0 amide bonds. The Morgan fingerprint density at radius 1 is 0.448 bits per heavy atom. The minimum atomic E-state index is -3.77. The van der Waals surface area contributed by atoms with Crippen molar-refractivity contribution in [1.82, 2.24) is 0 Å². The summed E-state index contributed by atoms with van der Waals surface area (Å²) in [6.07, 6.45) is 0. The maximum absolute atomic E-state index is 12.0. The van der Waals surface area contributed by atoms with Crippen molar-refractivity contribution >= 4 is 27.2 Å². The van der Waals surface area contributed by atoms with Gasteiger partial charge in [0.05, 0.1) is 173 Å². The third-order valence-corrected chi connectivity index (χ3v) is 8.50. The van der Waals surface area contributed by atoms with Crippen LogP contribution >= 0.6 is 0 Å². The zero-order valence-corrected chi connectivity index (χ0v) is 33.6. The molecule has 58 heavy (non-hydrogen) atoms. The lowest BCUT2D eigenvalue weighted by molar-refractivity contribution is -0.393. The van der Waals surface area contributed by atoms with Gasteiger partial charge in [0.15, 0.2) is 0 Å². The number of nitro groups is 2. The Morgan fingerprint density at radius 2 is 0.793 bits per heavy atom. The van der Waals surface area contributed by atoms with Gasteiger partial charge in [0.25, 0.3) is 21.5 Å². The topological polar surface area (TPSA) is 243 Å². The van der Waals surface area contributed by atoms with Crippen molar-refractivity contribution in [2.75, 3.05) is 164 Å². The summed E-state index contributed by atoms with van der Waals surface area (Å²) < 4.78 is 88.7. The van der Waals surface area contributed by atoms with E-state index < -0.39 is 20.0 Å². The second kappa shape index (κ2) is 34.4. The van der Waals surface area contributed by atoms with Crippen LogP contribution in [0.15, 0.2) is 53.4 Å². The Morgan fingerprint density at radius 3 is 1.14 bits per heavy atom. The Hall–Kier alpha value is -3.49. The molecule has 330 valence electrons. The van der Waals surface area contributed by atoms with Crippen LogP contribution in [0.5, 0.6) is 0 Å². The molecule has 0 unspecified atom stereocenters. The first-order chi connectivity index (χ1) is 28.3. The molecule has 0 saturated carbocycles. The maximum Gasteiger partial charge on any atom is 0.299 e. The fraction of sp³-hybridized carbons (Fsp3) is 0.667. The number of hydrogen-bond donors (Lipinski definition) is 1. The molecule has 0 aliphatic carbocycles. The zero-order chi connectivity index (χ0) is 41.8. The van der Waals surface area contributed by atoms with E-state index in [1.54, 1.807) is 18.2 Å². The van der Waals surface area contributed by atoms with Crippen LogP contribution in [0.25, 0.3) is 0 Å². The van der Waals surface area contributed by atoms with E-state index in [9.17, 15) is 28.6 Å². The van der Waals surface area contributed by atoms with E-state index in [0.717, 1.165) is 6.07 Å². The summed E-state index contributed by atoms with van der Waals surface area (Å²) in [6.45, 7) is 8.84. The van der Waals surface area contributed by atoms with E-state index in [2.05, 4.69) is 5.32 Å². The van der Waals surface area contributed by atoms with Gasteiger partial charge in [-0.05, 0) is 18.2 Å². The van der Waals surface area contributed by atoms with Gasteiger partial charge in [-0.25, -0.2) is 0 Å². The van der Waals surface area contributed by atoms with Crippen LogP contribution in [-0.2, 0) is 66.4 Å². The van der Waals surface area contributed by atoms with E-state index in [4.69, 9.17) is 56.3 Å². The van der Waals surface area contributed by atoms with Gasteiger partial charge in [-0.15, -0.1) is 0 Å². The van der Waals surface area contributed by atoms with Gasteiger partial charge in [0, 0.05) is 12.6 Å². The largest absolute Gasteiger partial charge is 0.377 e. The number of hydrogen-bond acceptors (Lipinski definition) is 19. The second-order valence-corrected chi connectivity index (χ2v) is 13.1. The molecule has 0 saturated heterocycles. The van der Waals surface area contributed by atoms with Crippen molar-refractivity contribution in [3.63, 3.8) is 0 Å². The molecule has 0 bridgehead atoms. The first-order valence-corrected chi connectivity index (χ1v) is 20.2. The average molecular weight is 852 g/mol. The van der Waals surface area contributed by atoms with Crippen LogP contribution in [0.1, 0.15) is 0 Å². The number of anilines is 1. The fourth-order valence-electron chi connectivity index (χ4n) is 4.35. The summed E-state index contributed by atoms with van der Waals surface area (Å²) >= 11 is 0. The highest BCUT2D eigenvalue weighted by Gasteiger charge is 2.19. The Balaban J connectivity index is 1.19. The fourth-order valence-corrected chi connectivity index (χ4v) is 5.27. The van der Waals surface area contributed by atoms with Crippen molar-refractivity contribution < 1.29 is 74.6 Å². The van der Waals surface area contributed by atoms with E-state index in [-0.39, 0.29) is 48.3 Å². The number of nitro benzene ring substituents is 2. The van der Waals surface area contributed by atoms with E-state index in [1.165, 1.54) is 24.3 Å². The monoisotopic (exact) mass is 851 g/mol. The van der Waals surface area contributed by atoms with Crippen molar-refractivity contribution in [3.8, 4) is 0 Å². The summed E-state index contributed by atoms with van der Waals surface area (Å²) in [5.41, 5.74) is -0.547. The third kappa shape index (κ3) is 26.5. The summed E-state index contributed by atoms with van der Waals surface area (Å²) in [7, 11) is -3.77. The molecule has 2 rings (SSSR count). The van der Waals surface area contributed by atoms with Gasteiger partial charge < -0.3 is 57.4 Å². The van der Waals surface area contributed by atoms with Crippen molar-refractivity contribution in [3.05, 3.63) is 68.8 Å². The predicted molar refractivity (Wildman–Crippen MR) is 207 cm³/mol. The van der Waals surface area contributed by atoms with Crippen molar-refractivity contribution in [2.24, 2.45) is 0 Å². The molecular formula is C36H57N3O18S. The van der Waals surface area contributed by atoms with Crippen LogP contribution in [0, 0.1) is 20.2 Å². The Kier molecular flexibility index (Phi) is 30.0. The average Bonchev–Trinajstić information content (AvgIpc) is 3.22. The number of non-ortho nitro benzene ring substituents is 1. The van der Waals surface area contributed by atoms with Gasteiger partial charge in [0.1, 0.15) is 5.69 Å². The van der Waals surface area contributed by atoms with Gasteiger partial charge in [-0.3, -0.25) is 24.4 Å². The number of rotatable bonds is 41. The summed E-state index contributed by atoms with van der Waals surface area (Å²) in [4.78, 5) is 20.7. The molecule has 0 heterocycles. The lowest BCUT2D eigenvalue weighted by atomic mass is 10.2. The third-order valence-electron chi connectivity index (χ3n) is 7.17. The molecule has 2 aromatic rings. The van der Waals surface area contributed by atoms with Crippen LogP contribution in [0.2, 0.25) is 0 Å². The van der Waals surface area contributed by atoms with Crippen LogP contribution in [-0.4, -0.2) is 177 Å². The zero-order valence-electron chi connectivity index (χ0n) is 32.7. The summed E-state index contributed by atoms with van der Waals surface area (Å²) in [5.74, 6) is 0.